The molecule has 0 aliphatic heterocycles. The molecule has 1 aromatic heterocycles. The Labute approximate surface area is 75.0 Å². The molecule has 64 valence electrons. The lowest BCUT2D eigenvalue weighted by molar-refractivity contribution is 0.112. The lowest BCUT2D eigenvalue weighted by atomic mass is 10.1. The maximum Gasteiger partial charge on any atom is 0.181 e. The number of benzene rings is 1. The fraction of sp³-hybridized carbons (Fsp3) is 0. The van der Waals surface area contributed by atoms with Gasteiger partial charge in [-0.25, -0.2) is 4.98 Å². The lowest BCUT2D eigenvalue weighted by Gasteiger charge is -1.98. The van der Waals surface area contributed by atoms with Crippen LogP contribution in [0.2, 0.25) is 0 Å². The zero-order valence-electron chi connectivity index (χ0n) is 6.81. The Bertz CT molecular complexity index is 407. The van der Waals surface area contributed by atoms with Crippen molar-refractivity contribution < 1.29 is 9.21 Å². The van der Waals surface area contributed by atoms with Gasteiger partial charge in [0, 0.05) is 11.1 Å². The van der Waals surface area contributed by atoms with Crippen LogP contribution in [0.3, 0.4) is 0 Å². The first-order chi connectivity index (χ1) is 6.42. The third-order valence-corrected chi connectivity index (χ3v) is 1.79. The van der Waals surface area contributed by atoms with Crippen LogP contribution in [0.5, 0.6) is 0 Å². The summed E-state index contributed by atoms with van der Waals surface area (Å²) in [6.07, 6.45) is 3.73. The second kappa shape index (κ2) is 3.23. The molecule has 0 N–H and O–H groups in total. The van der Waals surface area contributed by atoms with Gasteiger partial charge in [0.1, 0.15) is 0 Å². The van der Waals surface area contributed by atoms with E-state index in [1.807, 2.05) is 18.2 Å². The largest absolute Gasteiger partial charge is 0.443 e. The van der Waals surface area contributed by atoms with Gasteiger partial charge in [-0.3, -0.25) is 4.79 Å². The van der Waals surface area contributed by atoms with Crippen molar-refractivity contribution in [3.8, 4) is 11.3 Å². The van der Waals surface area contributed by atoms with Gasteiger partial charge in [0.15, 0.2) is 18.4 Å². The first kappa shape index (κ1) is 7.73. The molecule has 2 aromatic rings. The highest BCUT2D eigenvalue weighted by Gasteiger charge is 2.05. The van der Waals surface area contributed by atoms with Gasteiger partial charge in [0.05, 0.1) is 6.20 Å². The molecule has 1 aromatic carbocycles. The van der Waals surface area contributed by atoms with Gasteiger partial charge in [-0.05, 0) is 0 Å². The smallest absolute Gasteiger partial charge is 0.181 e. The molecule has 0 saturated carbocycles. The predicted octanol–water partition coefficient (Wildman–Crippen LogP) is 2.15. The summed E-state index contributed by atoms with van der Waals surface area (Å²) in [6, 6.07) is 7.23. The molecule has 3 heteroatoms. The molecule has 0 unspecified atom stereocenters. The van der Waals surface area contributed by atoms with Crippen LogP contribution in [0.15, 0.2) is 41.3 Å². The number of carbonyl (C=O) groups is 1. The van der Waals surface area contributed by atoms with E-state index in [1.165, 1.54) is 6.39 Å². The summed E-state index contributed by atoms with van der Waals surface area (Å²) < 4.78 is 5.09. The topological polar surface area (TPSA) is 43.1 Å². The predicted molar refractivity (Wildman–Crippen MR) is 47.3 cm³/mol. The van der Waals surface area contributed by atoms with Crippen LogP contribution < -0.4 is 0 Å². The average molecular weight is 173 g/mol. The molecule has 0 aliphatic carbocycles. The quantitative estimate of drug-likeness (QED) is 0.653. The average Bonchev–Trinajstić information content (AvgIpc) is 2.70. The highest BCUT2D eigenvalue weighted by Crippen LogP contribution is 2.21. The van der Waals surface area contributed by atoms with Crippen LogP contribution in [0.1, 0.15) is 10.4 Å². The van der Waals surface area contributed by atoms with Crippen LogP contribution >= 0.6 is 0 Å². The molecule has 13 heavy (non-hydrogen) atoms. The van der Waals surface area contributed by atoms with E-state index in [4.69, 9.17) is 4.42 Å². The van der Waals surface area contributed by atoms with Crippen LogP contribution in [0, 0.1) is 0 Å². The van der Waals surface area contributed by atoms with Crippen LogP contribution in [0.25, 0.3) is 11.3 Å². The number of aldehydes is 1. The van der Waals surface area contributed by atoms with E-state index in [1.54, 1.807) is 12.3 Å². The third-order valence-electron chi connectivity index (χ3n) is 1.79. The van der Waals surface area contributed by atoms with Crippen LogP contribution in [-0.2, 0) is 0 Å². The molecule has 0 fully saturated rings. The monoisotopic (exact) mass is 173 g/mol. The number of hydrogen-bond acceptors (Lipinski definition) is 3. The molecule has 0 atom stereocenters. The maximum atomic E-state index is 10.7. The van der Waals surface area contributed by atoms with Crippen molar-refractivity contribution in [1.82, 2.24) is 4.98 Å². The molecule has 1 heterocycles. The van der Waals surface area contributed by atoms with Gasteiger partial charge in [-0.1, -0.05) is 24.3 Å². The van der Waals surface area contributed by atoms with E-state index in [-0.39, 0.29) is 0 Å². The minimum atomic E-state index is 0.610. The molecule has 2 rings (SSSR count). The molecular formula is C10H7NO2. The molecule has 0 spiro atoms. The van der Waals surface area contributed by atoms with Crippen molar-refractivity contribution in [3.63, 3.8) is 0 Å². The Hall–Kier alpha value is -1.90. The number of hydrogen-bond donors (Lipinski definition) is 0. The van der Waals surface area contributed by atoms with Crippen molar-refractivity contribution in [2.45, 2.75) is 0 Å². The summed E-state index contributed by atoms with van der Waals surface area (Å²) in [5, 5.41) is 0. The Kier molecular flexibility index (Phi) is 1.92. The third kappa shape index (κ3) is 1.36. The SMILES string of the molecule is O=Cc1ccccc1-c1cnco1. The Morgan fingerprint density at radius 1 is 1.31 bits per heavy atom. The highest BCUT2D eigenvalue weighted by molar-refractivity contribution is 5.85. The number of carbonyl (C=O) groups excluding carboxylic acids is 1. The van der Waals surface area contributed by atoms with E-state index in [9.17, 15) is 4.79 Å². The summed E-state index contributed by atoms with van der Waals surface area (Å²) in [6.45, 7) is 0. The molecule has 0 bridgehead atoms. The Morgan fingerprint density at radius 3 is 2.85 bits per heavy atom. The molecule has 3 nitrogen and oxygen atoms in total. The van der Waals surface area contributed by atoms with Crippen molar-refractivity contribution in [2.24, 2.45) is 0 Å². The minimum absolute atomic E-state index is 0.610. The second-order valence-electron chi connectivity index (χ2n) is 2.57. The van der Waals surface area contributed by atoms with Crippen molar-refractivity contribution in [1.29, 1.82) is 0 Å². The molecule has 0 aliphatic rings. The standard InChI is InChI=1S/C10H7NO2/c12-6-8-3-1-2-4-9(8)10-5-11-7-13-10/h1-7H. The van der Waals surface area contributed by atoms with E-state index in [2.05, 4.69) is 4.98 Å². The summed E-state index contributed by atoms with van der Waals surface area (Å²) in [5.74, 6) is 0.614. The first-order valence-electron chi connectivity index (χ1n) is 3.85. The zero-order valence-corrected chi connectivity index (χ0v) is 6.81. The summed E-state index contributed by atoms with van der Waals surface area (Å²) in [5.41, 5.74) is 1.38. The van der Waals surface area contributed by atoms with Gasteiger partial charge in [-0.15, -0.1) is 0 Å². The lowest BCUT2D eigenvalue weighted by Crippen LogP contribution is -1.84. The van der Waals surface area contributed by atoms with Crippen LogP contribution in [0.4, 0.5) is 0 Å². The molecule has 0 amide bonds. The Balaban J connectivity index is 2.57. The van der Waals surface area contributed by atoms with Gasteiger partial charge in [0.25, 0.3) is 0 Å². The number of rotatable bonds is 2. The molecule has 0 saturated heterocycles. The van der Waals surface area contributed by atoms with Crippen molar-refractivity contribution in [2.75, 3.05) is 0 Å². The highest BCUT2D eigenvalue weighted by atomic mass is 16.3. The maximum absolute atomic E-state index is 10.7. The number of oxazole rings is 1. The number of nitrogens with zero attached hydrogens (tertiary/aromatic N) is 1. The normalized spacial score (nSPS) is 9.85. The fourth-order valence-corrected chi connectivity index (χ4v) is 1.17. The summed E-state index contributed by atoms with van der Waals surface area (Å²) >= 11 is 0. The minimum Gasteiger partial charge on any atom is -0.443 e. The fourth-order valence-electron chi connectivity index (χ4n) is 1.17. The van der Waals surface area contributed by atoms with Crippen molar-refractivity contribution in [3.05, 3.63) is 42.4 Å². The van der Waals surface area contributed by atoms with E-state index >= 15 is 0 Å². The van der Waals surface area contributed by atoms with E-state index < -0.39 is 0 Å². The van der Waals surface area contributed by atoms with E-state index in [0.717, 1.165) is 11.8 Å². The summed E-state index contributed by atoms with van der Waals surface area (Å²) in [7, 11) is 0. The molecule has 0 radical (unpaired) electrons. The van der Waals surface area contributed by atoms with Crippen molar-refractivity contribution >= 4 is 6.29 Å². The zero-order chi connectivity index (χ0) is 9.10. The Morgan fingerprint density at radius 2 is 2.15 bits per heavy atom. The molecular weight excluding hydrogens is 166 g/mol. The van der Waals surface area contributed by atoms with Crippen LogP contribution in [-0.4, -0.2) is 11.3 Å². The van der Waals surface area contributed by atoms with E-state index in [0.29, 0.717) is 11.3 Å². The number of aromatic nitrogens is 1. The second-order valence-corrected chi connectivity index (χ2v) is 2.57. The first-order valence-corrected chi connectivity index (χ1v) is 3.85. The van der Waals surface area contributed by atoms with Gasteiger partial charge in [0.2, 0.25) is 0 Å². The van der Waals surface area contributed by atoms with Gasteiger partial charge in [-0.2, -0.15) is 0 Å². The van der Waals surface area contributed by atoms with Gasteiger partial charge >= 0.3 is 0 Å². The summed E-state index contributed by atoms with van der Waals surface area (Å²) in [4.78, 5) is 14.5. The van der Waals surface area contributed by atoms with Gasteiger partial charge < -0.3 is 4.42 Å².